The van der Waals surface area contributed by atoms with Gasteiger partial charge in [-0.3, -0.25) is 14.4 Å². The zero-order valence-corrected chi connectivity index (χ0v) is 27.0. The number of nitrogens with one attached hydrogen (secondary N) is 3. The topological polar surface area (TPSA) is 114 Å². The van der Waals surface area contributed by atoms with Crippen LogP contribution in [-0.4, -0.2) is 30.3 Å². The van der Waals surface area contributed by atoms with Crippen molar-refractivity contribution in [3.63, 3.8) is 0 Å². The van der Waals surface area contributed by atoms with E-state index in [9.17, 15) is 19.2 Å². The van der Waals surface area contributed by atoms with Crippen molar-refractivity contribution in [1.82, 2.24) is 5.32 Å². The van der Waals surface area contributed by atoms with Gasteiger partial charge in [0.25, 0.3) is 11.8 Å². The molecule has 0 aliphatic heterocycles. The summed E-state index contributed by atoms with van der Waals surface area (Å²) in [6.45, 7) is 2.02. The summed E-state index contributed by atoms with van der Waals surface area (Å²) in [6, 6.07) is 33.6. The van der Waals surface area contributed by atoms with Gasteiger partial charge in [0.2, 0.25) is 5.91 Å². The van der Waals surface area contributed by atoms with E-state index in [1.54, 1.807) is 73.7 Å². The summed E-state index contributed by atoms with van der Waals surface area (Å²) in [6.07, 6.45) is 1.63. The van der Waals surface area contributed by atoms with E-state index in [4.69, 9.17) is 4.74 Å². The first-order chi connectivity index (χ1) is 22.9. The average molecular weight is 662 g/mol. The fraction of sp³-hybridized carbons (Fsp3) is 0.0811. The minimum absolute atomic E-state index is 0.104. The van der Waals surface area contributed by atoms with Gasteiger partial charge in [-0.2, -0.15) is 11.3 Å². The fourth-order valence-electron chi connectivity index (χ4n) is 4.43. The Morgan fingerprint density at radius 2 is 1.40 bits per heavy atom. The number of benzene rings is 4. The maximum atomic E-state index is 13.5. The van der Waals surface area contributed by atoms with Crippen molar-refractivity contribution >= 4 is 64.2 Å². The summed E-state index contributed by atoms with van der Waals surface area (Å²) in [7, 11) is 0. The number of carbonyl (C=O) groups excluding carboxylic acids is 4. The summed E-state index contributed by atoms with van der Waals surface area (Å²) in [4.78, 5) is 52.5. The lowest BCUT2D eigenvalue weighted by Crippen LogP contribution is -2.30. The number of hydrogen-bond donors (Lipinski definition) is 3. The van der Waals surface area contributed by atoms with Crippen molar-refractivity contribution in [3.05, 3.63) is 154 Å². The number of carbonyl (C=O) groups is 4. The minimum atomic E-state index is -0.588. The van der Waals surface area contributed by atoms with Crippen molar-refractivity contribution in [2.45, 2.75) is 17.1 Å². The van der Waals surface area contributed by atoms with Gasteiger partial charge in [-0.05, 0) is 102 Å². The molecule has 5 aromatic rings. The summed E-state index contributed by atoms with van der Waals surface area (Å²) in [5, 5.41) is 11.7. The molecule has 4 aromatic carbocycles. The molecule has 10 heteroatoms. The number of esters is 1. The maximum absolute atomic E-state index is 13.5. The van der Waals surface area contributed by atoms with E-state index in [0.29, 0.717) is 22.5 Å². The van der Waals surface area contributed by atoms with Gasteiger partial charge in [0, 0.05) is 21.8 Å². The number of thiophene rings is 1. The lowest BCUT2D eigenvalue weighted by molar-refractivity contribution is -0.116. The summed E-state index contributed by atoms with van der Waals surface area (Å²) >= 11 is 2.85. The van der Waals surface area contributed by atoms with Crippen LogP contribution in [0, 0.1) is 0 Å². The van der Waals surface area contributed by atoms with Gasteiger partial charge in [0.15, 0.2) is 0 Å². The van der Waals surface area contributed by atoms with E-state index in [0.717, 1.165) is 16.0 Å². The van der Waals surface area contributed by atoms with Crippen LogP contribution in [-0.2, 0) is 14.3 Å². The molecule has 1 atom stereocenters. The Hall–Kier alpha value is -5.45. The van der Waals surface area contributed by atoms with Gasteiger partial charge in [-0.15, -0.1) is 11.8 Å². The molecule has 0 radical (unpaired) electrons. The van der Waals surface area contributed by atoms with E-state index < -0.39 is 23.0 Å². The molecule has 0 saturated carbocycles. The van der Waals surface area contributed by atoms with Gasteiger partial charge in [-0.25, -0.2) is 4.79 Å². The van der Waals surface area contributed by atoms with Gasteiger partial charge in [0.05, 0.1) is 12.2 Å². The Bertz CT molecular complexity index is 1840. The van der Waals surface area contributed by atoms with Crippen LogP contribution in [0.1, 0.15) is 44.0 Å². The highest BCUT2D eigenvalue weighted by molar-refractivity contribution is 8.00. The molecule has 1 unspecified atom stereocenters. The molecule has 1 heterocycles. The van der Waals surface area contributed by atoms with E-state index in [1.165, 1.54) is 23.1 Å². The Morgan fingerprint density at radius 1 is 0.766 bits per heavy atom. The third-order valence-electron chi connectivity index (χ3n) is 6.75. The molecule has 5 rings (SSSR count). The molecule has 0 aliphatic rings. The minimum Gasteiger partial charge on any atom is -0.462 e. The molecule has 0 aliphatic carbocycles. The first kappa shape index (κ1) is 32.9. The molecule has 0 fully saturated rings. The number of anilines is 2. The van der Waals surface area contributed by atoms with Crippen LogP contribution in [0.4, 0.5) is 11.4 Å². The first-order valence-corrected chi connectivity index (χ1v) is 16.5. The Labute approximate surface area is 280 Å². The highest BCUT2D eigenvalue weighted by Crippen LogP contribution is 2.37. The largest absolute Gasteiger partial charge is 0.462 e. The lowest BCUT2D eigenvalue weighted by atomic mass is 10.1. The van der Waals surface area contributed by atoms with E-state index in [-0.39, 0.29) is 18.2 Å². The van der Waals surface area contributed by atoms with Gasteiger partial charge in [0.1, 0.15) is 10.9 Å². The number of ether oxygens (including phenoxy) is 1. The Balaban J connectivity index is 1.28. The molecular formula is C37H31N3O5S2. The molecule has 3 amide bonds. The molecule has 0 saturated heterocycles. The fourth-order valence-corrected chi connectivity index (χ4v) is 6.07. The molecule has 3 N–H and O–H groups in total. The van der Waals surface area contributed by atoms with Crippen molar-refractivity contribution < 1.29 is 23.9 Å². The Morgan fingerprint density at radius 3 is 2.04 bits per heavy atom. The predicted octanol–water partition coefficient (Wildman–Crippen LogP) is 7.81. The second kappa shape index (κ2) is 16.2. The monoisotopic (exact) mass is 661 g/mol. The van der Waals surface area contributed by atoms with E-state index >= 15 is 0 Å². The first-order valence-electron chi connectivity index (χ1n) is 14.7. The molecule has 0 bridgehead atoms. The highest BCUT2D eigenvalue weighted by Gasteiger charge is 2.23. The van der Waals surface area contributed by atoms with Crippen LogP contribution >= 0.6 is 23.1 Å². The zero-order valence-electron chi connectivity index (χ0n) is 25.3. The molecular weight excluding hydrogens is 631 g/mol. The predicted molar refractivity (Wildman–Crippen MR) is 187 cm³/mol. The maximum Gasteiger partial charge on any atom is 0.338 e. The average Bonchev–Trinajstić information content (AvgIpc) is 3.62. The van der Waals surface area contributed by atoms with Gasteiger partial charge in [-0.1, -0.05) is 48.5 Å². The SMILES string of the molecule is CCOC(=O)c1ccc(NC(=O)C(Sc2ccc(NC(=O)/C(=C/c3ccsc3)NC(=O)c3ccccc3)cc2)c2ccccc2)cc1. The summed E-state index contributed by atoms with van der Waals surface area (Å²) < 4.78 is 5.03. The lowest BCUT2D eigenvalue weighted by Gasteiger charge is -2.18. The normalized spacial score (nSPS) is 11.6. The third kappa shape index (κ3) is 9.29. The molecule has 236 valence electrons. The molecule has 1 aromatic heterocycles. The quantitative estimate of drug-likeness (QED) is 0.0714. The second-order valence-corrected chi connectivity index (χ2v) is 12.1. The molecule has 47 heavy (non-hydrogen) atoms. The van der Waals surface area contributed by atoms with Crippen molar-refractivity contribution in [2.75, 3.05) is 17.2 Å². The second-order valence-electron chi connectivity index (χ2n) is 10.1. The van der Waals surface area contributed by atoms with Gasteiger partial charge >= 0.3 is 5.97 Å². The number of hydrogen-bond acceptors (Lipinski definition) is 7. The van der Waals surface area contributed by atoms with Crippen molar-refractivity contribution in [2.24, 2.45) is 0 Å². The summed E-state index contributed by atoms with van der Waals surface area (Å²) in [5.41, 5.74) is 3.61. The zero-order chi connectivity index (χ0) is 33.0. The van der Waals surface area contributed by atoms with Crippen LogP contribution in [0.5, 0.6) is 0 Å². The van der Waals surface area contributed by atoms with Crippen LogP contribution in [0.15, 0.2) is 137 Å². The standard InChI is InChI=1S/C37H31N3O5S2/c1-2-45-37(44)28-13-15-29(16-14-28)39-36(43)33(26-9-5-3-6-10-26)47-31-19-17-30(18-20-31)38-35(42)32(23-25-21-22-46-24-25)40-34(41)27-11-7-4-8-12-27/h3-24,33H,2H2,1H3,(H,38,42)(H,39,43)(H,40,41)/b32-23-. The molecule has 8 nitrogen and oxygen atoms in total. The number of thioether (sulfide) groups is 1. The number of amides is 3. The van der Waals surface area contributed by atoms with Crippen molar-refractivity contribution in [1.29, 1.82) is 0 Å². The van der Waals surface area contributed by atoms with Crippen molar-refractivity contribution in [3.8, 4) is 0 Å². The number of rotatable bonds is 12. The smallest absolute Gasteiger partial charge is 0.338 e. The summed E-state index contributed by atoms with van der Waals surface area (Å²) in [5.74, 6) is -1.53. The molecule has 0 spiro atoms. The van der Waals surface area contributed by atoms with Gasteiger partial charge < -0.3 is 20.7 Å². The van der Waals surface area contributed by atoms with E-state index in [2.05, 4.69) is 16.0 Å². The van der Waals surface area contributed by atoms with E-state index in [1.807, 2.05) is 65.4 Å². The van der Waals surface area contributed by atoms with Crippen LogP contribution in [0.2, 0.25) is 0 Å². The van der Waals surface area contributed by atoms with Crippen LogP contribution < -0.4 is 16.0 Å². The highest BCUT2D eigenvalue weighted by atomic mass is 32.2. The van der Waals surface area contributed by atoms with Crippen LogP contribution in [0.25, 0.3) is 6.08 Å². The third-order valence-corrected chi connectivity index (χ3v) is 8.72. The van der Waals surface area contributed by atoms with Crippen LogP contribution in [0.3, 0.4) is 0 Å². The Kier molecular flexibility index (Phi) is 11.4.